The summed E-state index contributed by atoms with van der Waals surface area (Å²) in [5.41, 5.74) is -0.0775. The number of carboxylic acids is 1. The lowest BCUT2D eigenvalue weighted by atomic mass is 10.2. The molecule has 0 saturated carbocycles. The van der Waals surface area contributed by atoms with Crippen LogP contribution < -0.4 is 4.72 Å². The van der Waals surface area contributed by atoms with E-state index in [0.717, 1.165) is 6.07 Å². The van der Waals surface area contributed by atoms with Gasteiger partial charge in [-0.1, -0.05) is 0 Å². The van der Waals surface area contributed by atoms with Gasteiger partial charge < -0.3 is 9.84 Å². The predicted octanol–water partition coefficient (Wildman–Crippen LogP) is 1.21. The molecule has 0 amide bonds. The molecule has 0 aliphatic carbocycles. The van der Waals surface area contributed by atoms with Crippen molar-refractivity contribution < 1.29 is 23.1 Å². The first-order valence-corrected chi connectivity index (χ1v) is 7.81. The molecule has 1 aliphatic rings. The first-order chi connectivity index (χ1) is 8.90. The molecule has 2 rings (SSSR count). The SMILES string of the molecule is O=C(O)c1ccc(Br)c(S(=O)(=O)NC2CCOC2)c1. The molecule has 1 aliphatic heterocycles. The topological polar surface area (TPSA) is 92.7 Å². The number of sulfonamides is 1. The second-order valence-electron chi connectivity index (χ2n) is 4.13. The number of nitrogens with one attached hydrogen (secondary N) is 1. The second-order valence-corrected chi connectivity index (χ2v) is 6.67. The lowest BCUT2D eigenvalue weighted by molar-refractivity contribution is 0.0696. The summed E-state index contributed by atoms with van der Waals surface area (Å²) in [6, 6.07) is 3.60. The molecule has 6 nitrogen and oxygen atoms in total. The van der Waals surface area contributed by atoms with E-state index in [1.165, 1.54) is 12.1 Å². The number of aromatic carboxylic acids is 1. The molecule has 0 radical (unpaired) electrons. The highest BCUT2D eigenvalue weighted by Crippen LogP contribution is 2.24. The lowest BCUT2D eigenvalue weighted by Gasteiger charge is -2.13. The highest BCUT2D eigenvalue weighted by atomic mass is 79.9. The molecule has 1 saturated heterocycles. The van der Waals surface area contributed by atoms with Crippen LogP contribution in [0.4, 0.5) is 0 Å². The third-order valence-corrected chi connectivity index (χ3v) is 5.23. The van der Waals surface area contributed by atoms with Gasteiger partial charge in [-0.15, -0.1) is 0 Å². The van der Waals surface area contributed by atoms with Gasteiger partial charge in [-0.05, 0) is 40.5 Å². The van der Waals surface area contributed by atoms with Crippen LogP contribution in [-0.4, -0.2) is 38.7 Å². The van der Waals surface area contributed by atoms with Gasteiger partial charge in [0, 0.05) is 17.1 Å². The minimum Gasteiger partial charge on any atom is -0.478 e. The Labute approximate surface area is 118 Å². The molecule has 1 atom stereocenters. The van der Waals surface area contributed by atoms with Gasteiger partial charge >= 0.3 is 5.97 Å². The van der Waals surface area contributed by atoms with Crippen LogP contribution in [0.25, 0.3) is 0 Å². The van der Waals surface area contributed by atoms with E-state index in [0.29, 0.717) is 24.1 Å². The molecule has 8 heteroatoms. The molecule has 1 unspecified atom stereocenters. The molecule has 104 valence electrons. The minimum absolute atomic E-state index is 0.0775. The van der Waals surface area contributed by atoms with E-state index in [1.54, 1.807) is 0 Å². The first-order valence-electron chi connectivity index (χ1n) is 5.53. The van der Waals surface area contributed by atoms with Gasteiger partial charge in [0.1, 0.15) is 0 Å². The summed E-state index contributed by atoms with van der Waals surface area (Å²) in [6.45, 7) is 0.846. The van der Waals surface area contributed by atoms with Crippen molar-refractivity contribution in [3.63, 3.8) is 0 Å². The Morgan fingerprint density at radius 3 is 2.79 bits per heavy atom. The van der Waals surface area contributed by atoms with Crippen LogP contribution in [0.2, 0.25) is 0 Å². The van der Waals surface area contributed by atoms with Crippen LogP contribution in [-0.2, 0) is 14.8 Å². The first kappa shape index (κ1) is 14.4. The van der Waals surface area contributed by atoms with E-state index < -0.39 is 16.0 Å². The van der Waals surface area contributed by atoms with Crippen LogP contribution in [0, 0.1) is 0 Å². The minimum atomic E-state index is -3.77. The van der Waals surface area contributed by atoms with Crippen LogP contribution in [0.1, 0.15) is 16.8 Å². The van der Waals surface area contributed by atoms with Gasteiger partial charge in [0.05, 0.1) is 17.1 Å². The van der Waals surface area contributed by atoms with E-state index in [9.17, 15) is 13.2 Å². The summed E-state index contributed by atoms with van der Waals surface area (Å²) in [4.78, 5) is 10.8. The summed E-state index contributed by atoms with van der Waals surface area (Å²) in [6.07, 6.45) is 0.607. The highest BCUT2D eigenvalue weighted by molar-refractivity contribution is 9.10. The van der Waals surface area contributed by atoms with Gasteiger partial charge in [-0.3, -0.25) is 0 Å². The zero-order valence-electron chi connectivity index (χ0n) is 9.80. The van der Waals surface area contributed by atoms with Gasteiger partial charge in [0.15, 0.2) is 0 Å². The Morgan fingerprint density at radius 1 is 1.47 bits per heavy atom. The summed E-state index contributed by atoms with van der Waals surface area (Å²) < 4.78 is 32.3. The molecule has 1 aromatic rings. The Bertz CT molecular complexity index is 595. The second kappa shape index (κ2) is 5.58. The van der Waals surface area contributed by atoms with Crippen molar-refractivity contribution in [1.82, 2.24) is 4.72 Å². The molecule has 0 bridgehead atoms. The zero-order chi connectivity index (χ0) is 14.0. The monoisotopic (exact) mass is 349 g/mol. The quantitative estimate of drug-likeness (QED) is 0.852. The van der Waals surface area contributed by atoms with Crippen LogP contribution in [0.5, 0.6) is 0 Å². The van der Waals surface area contributed by atoms with Crippen molar-refractivity contribution in [3.05, 3.63) is 28.2 Å². The summed E-state index contributed by atoms with van der Waals surface area (Å²) >= 11 is 3.12. The Kier molecular flexibility index (Phi) is 4.24. The van der Waals surface area contributed by atoms with Gasteiger partial charge in [-0.25, -0.2) is 17.9 Å². The third kappa shape index (κ3) is 3.33. The maximum atomic E-state index is 12.2. The number of hydrogen-bond acceptors (Lipinski definition) is 4. The maximum absolute atomic E-state index is 12.2. The van der Waals surface area contributed by atoms with Crippen LogP contribution in [0.15, 0.2) is 27.6 Å². The van der Waals surface area contributed by atoms with E-state index in [1.807, 2.05) is 0 Å². The number of carbonyl (C=O) groups is 1. The van der Waals surface area contributed by atoms with E-state index in [2.05, 4.69) is 20.7 Å². The summed E-state index contributed by atoms with van der Waals surface area (Å²) in [5.74, 6) is -1.17. The predicted molar refractivity (Wildman–Crippen MR) is 70.6 cm³/mol. The fourth-order valence-electron chi connectivity index (χ4n) is 1.75. The summed E-state index contributed by atoms with van der Waals surface area (Å²) in [5, 5.41) is 8.90. The Hall–Kier alpha value is -0.960. The number of hydrogen-bond donors (Lipinski definition) is 2. The summed E-state index contributed by atoms with van der Waals surface area (Å²) in [7, 11) is -3.77. The standard InChI is InChI=1S/C11H12BrNO5S/c12-9-2-1-7(11(14)15)5-10(9)19(16,17)13-8-3-4-18-6-8/h1-2,5,8,13H,3-4,6H2,(H,14,15). The van der Waals surface area contributed by atoms with Gasteiger partial charge in [-0.2, -0.15) is 0 Å². The molecule has 2 N–H and O–H groups in total. The molecular weight excluding hydrogens is 338 g/mol. The Balaban J connectivity index is 2.33. The number of carboxylic acid groups (broad SMARTS) is 1. The van der Waals surface area contributed by atoms with Crippen LogP contribution >= 0.6 is 15.9 Å². The fraction of sp³-hybridized carbons (Fsp3) is 0.364. The van der Waals surface area contributed by atoms with Gasteiger partial charge in [0.25, 0.3) is 0 Å². The molecule has 1 aromatic carbocycles. The van der Waals surface area contributed by atoms with Crippen molar-refractivity contribution in [2.24, 2.45) is 0 Å². The highest BCUT2D eigenvalue weighted by Gasteiger charge is 2.25. The smallest absolute Gasteiger partial charge is 0.335 e. The number of benzene rings is 1. The molecular formula is C11H12BrNO5S. The number of halogens is 1. The van der Waals surface area contributed by atoms with Crippen molar-refractivity contribution >= 4 is 31.9 Å². The van der Waals surface area contributed by atoms with E-state index >= 15 is 0 Å². The zero-order valence-corrected chi connectivity index (χ0v) is 12.2. The normalized spacial score (nSPS) is 19.5. The average molecular weight is 350 g/mol. The maximum Gasteiger partial charge on any atom is 0.335 e. The largest absolute Gasteiger partial charge is 0.478 e. The third-order valence-electron chi connectivity index (χ3n) is 2.72. The average Bonchev–Trinajstić information content (AvgIpc) is 2.81. The number of ether oxygens (including phenoxy) is 1. The molecule has 1 heterocycles. The lowest BCUT2D eigenvalue weighted by Crippen LogP contribution is -2.35. The fourth-order valence-corrected chi connectivity index (χ4v) is 4.00. The van der Waals surface area contributed by atoms with Crippen molar-refractivity contribution in [1.29, 1.82) is 0 Å². The molecule has 19 heavy (non-hydrogen) atoms. The van der Waals surface area contributed by atoms with E-state index in [4.69, 9.17) is 9.84 Å². The molecule has 0 aromatic heterocycles. The van der Waals surface area contributed by atoms with Crippen LogP contribution in [0.3, 0.4) is 0 Å². The molecule has 1 fully saturated rings. The number of rotatable bonds is 4. The van der Waals surface area contributed by atoms with Crippen molar-refractivity contribution in [3.8, 4) is 0 Å². The van der Waals surface area contributed by atoms with Gasteiger partial charge in [0.2, 0.25) is 10.0 Å². The Morgan fingerprint density at radius 2 is 2.21 bits per heavy atom. The van der Waals surface area contributed by atoms with E-state index in [-0.39, 0.29) is 16.5 Å². The van der Waals surface area contributed by atoms with Crippen molar-refractivity contribution in [2.45, 2.75) is 17.4 Å². The van der Waals surface area contributed by atoms with Crippen molar-refractivity contribution in [2.75, 3.05) is 13.2 Å². The molecule has 0 spiro atoms.